The molecule has 0 saturated carbocycles. The van der Waals surface area contributed by atoms with Crippen molar-refractivity contribution in [1.29, 1.82) is 0 Å². The van der Waals surface area contributed by atoms with Gasteiger partial charge in [0, 0.05) is 24.8 Å². The summed E-state index contributed by atoms with van der Waals surface area (Å²) in [5, 5.41) is 4.08. The number of thiazole rings is 1. The molecule has 0 unspecified atom stereocenters. The van der Waals surface area contributed by atoms with Crippen LogP contribution in [-0.2, 0) is 0 Å². The molecule has 2 atom stereocenters. The third-order valence-electron chi connectivity index (χ3n) is 5.06. The molecule has 2 aliphatic heterocycles. The van der Waals surface area contributed by atoms with Gasteiger partial charge in [-0.3, -0.25) is 14.7 Å². The van der Waals surface area contributed by atoms with Gasteiger partial charge in [0.15, 0.2) is 0 Å². The van der Waals surface area contributed by atoms with Crippen LogP contribution >= 0.6 is 11.3 Å². The minimum absolute atomic E-state index is 0.0182. The number of carbonyl (C=O) groups excluding carboxylic acids is 1. The Morgan fingerprint density at radius 1 is 1.29 bits per heavy atom. The number of amides is 1. The summed E-state index contributed by atoms with van der Waals surface area (Å²) in [5.41, 5.74) is 1.61. The third-order valence-corrected chi connectivity index (χ3v) is 6.24. The Bertz CT molecular complexity index is 730. The molecule has 2 aromatic rings. The van der Waals surface area contributed by atoms with Crippen LogP contribution in [0.3, 0.4) is 0 Å². The van der Waals surface area contributed by atoms with Crippen molar-refractivity contribution >= 4 is 17.2 Å². The monoisotopic (exact) mass is 342 g/mol. The summed E-state index contributed by atoms with van der Waals surface area (Å²) in [6, 6.07) is 6.54. The molecule has 0 aromatic carbocycles. The van der Waals surface area contributed by atoms with Crippen LogP contribution in [0.15, 0.2) is 24.4 Å². The predicted molar refractivity (Wildman–Crippen MR) is 95.2 cm³/mol. The maximum Gasteiger partial charge on any atom is 0.263 e. The Balaban J connectivity index is 1.50. The Morgan fingerprint density at radius 3 is 3.04 bits per heavy atom. The maximum absolute atomic E-state index is 12.8. The summed E-state index contributed by atoms with van der Waals surface area (Å²) in [6.45, 7) is 4.19. The van der Waals surface area contributed by atoms with Gasteiger partial charge in [-0.25, -0.2) is 4.98 Å². The smallest absolute Gasteiger partial charge is 0.263 e. The molecule has 2 aliphatic rings. The zero-order valence-electron chi connectivity index (χ0n) is 13.9. The van der Waals surface area contributed by atoms with E-state index >= 15 is 0 Å². The first-order valence-electron chi connectivity index (χ1n) is 8.66. The highest BCUT2D eigenvalue weighted by molar-refractivity contribution is 7.17. The fraction of sp³-hybridized carbons (Fsp3) is 0.500. The van der Waals surface area contributed by atoms with Gasteiger partial charge in [0.1, 0.15) is 9.88 Å². The second-order valence-corrected chi connectivity index (χ2v) is 7.62. The van der Waals surface area contributed by atoms with Crippen LogP contribution in [0.25, 0.3) is 10.7 Å². The van der Waals surface area contributed by atoms with E-state index in [0.717, 1.165) is 29.4 Å². The van der Waals surface area contributed by atoms with Crippen molar-refractivity contribution in [3.63, 3.8) is 0 Å². The summed E-state index contributed by atoms with van der Waals surface area (Å²) >= 11 is 1.43. The van der Waals surface area contributed by atoms with E-state index in [9.17, 15) is 4.79 Å². The first-order valence-corrected chi connectivity index (χ1v) is 9.48. The van der Waals surface area contributed by atoms with Crippen molar-refractivity contribution in [2.45, 2.75) is 44.7 Å². The summed E-state index contributed by atoms with van der Waals surface area (Å²) in [7, 11) is 0. The van der Waals surface area contributed by atoms with Crippen LogP contribution in [0.5, 0.6) is 0 Å². The summed E-state index contributed by atoms with van der Waals surface area (Å²) in [6.07, 6.45) is 6.57. The molecule has 4 heterocycles. The first kappa shape index (κ1) is 15.7. The van der Waals surface area contributed by atoms with Crippen LogP contribution in [-0.4, -0.2) is 45.9 Å². The van der Waals surface area contributed by atoms with Gasteiger partial charge in [0.2, 0.25) is 0 Å². The number of aryl methyl sites for hydroxylation is 1. The predicted octanol–water partition coefficient (Wildman–Crippen LogP) is 2.87. The Kier molecular flexibility index (Phi) is 4.33. The SMILES string of the molecule is Cc1nc(-c2ccccn2)sc1C(=O)N[C@H]1CCN2CCCC[C@@H]12. The standard InChI is InChI=1S/C18H22N4OS/c1-12-16(24-18(20-12)14-6-2-4-9-19-14)17(23)21-13-8-11-22-10-5-3-7-15(13)22/h2,4,6,9,13,15H,3,5,7-8,10-11H2,1H3,(H,21,23)/t13-,15-/m0/s1. The first-order chi connectivity index (χ1) is 11.7. The van der Waals surface area contributed by atoms with Crippen LogP contribution in [0, 0.1) is 6.92 Å². The molecule has 0 aliphatic carbocycles. The zero-order valence-corrected chi connectivity index (χ0v) is 14.7. The largest absolute Gasteiger partial charge is 0.347 e. The number of rotatable bonds is 3. The fourth-order valence-electron chi connectivity index (χ4n) is 3.86. The molecular weight excluding hydrogens is 320 g/mol. The summed E-state index contributed by atoms with van der Waals surface area (Å²) < 4.78 is 0. The molecule has 2 aromatic heterocycles. The van der Waals surface area contributed by atoms with E-state index in [0.29, 0.717) is 10.9 Å². The number of hydrogen-bond donors (Lipinski definition) is 1. The maximum atomic E-state index is 12.8. The summed E-state index contributed by atoms with van der Waals surface area (Å²) in [5.74, 6) is 0.0182. The Labute approximate surface area is 146 Å². The number of pyridine rings is 1. The molecule has 1 amide bonds. The zero-order chi connectivity index (χ0) is 16.5. The van der Waals surface area contributed by atoms with Gasteiger partial charge < -0.3 is 5.32 Å². The van der Waals surface area contributed by atoms with E-state index in [-0.39, 0.29) is 11.9 Å². The van der Waals surface area contributed by atoms with Crippen LogP contribution < -0.4 is 5.32 Å². The Hall–Kier alpha value is -1.79. The van der Waals surface area contributed by atoms with E-state index in [4.69, 9.17) is 0 Å². The number of nitrogens with one attached hydrogen (secondary N) is 1. The van der Waals surface area contributed by atoms with Gasteiger partial charge in [0.25, 0.3) is 5.91 Å². The number of hydrogen-bond acceptors (Lipinski definition) is 5. The molecule has 0 radical (unpaired) electrons. The molecule has 2 fully saturated rings. The van der Waals surface area contributed by atoms with Crippen molar-refractivity contribution in [2.75, 3.05) is 13.1 Å². The van der Waals surface area contributed by atoms with Gasteiger partial charge in [0.05, 0.1) is 11.4 Å². The molecule has 0 bridgehead atoms. The van der Waals surface area contributed by atoms with Crippen molar-refractivity contribution < 1.29 is 4.79 Å². The highest BCUT2D eigenvalue weighted by atomic mass is 32.1. The van der Waals surface area contributed by atoms with Crippen molar-refractivity contribution in [3.8, 4) is 10.7 Å². The quantitative estimate of drug-likeness (QED) is 0.932. The lowest BCUT2D eigenvalue weighted by atomic mass is 9.99. The number of fused-ring (bicyclic) bond motifs is 1. The molecule has 6 heteroatoms. The molecular formula is C18H22N4OS. The highest BCUT2D eigenvalue weighted by Crippen LogP contribution is 2.29. The number of nitrogens with zero attached hydrogens (tertiary/aromatic N) is 3. The average molecular weight is 342 g/mol. The second kappa shape index (κ2) is 6.61. The van der Waals surface area contributed by atoms with Gasteiger partial charge in [-0.1, -0.05) is 12.5 Å². The molecule has 2 saturated heterocycles. The van der Waals surface area contributed by atoms with Crippen molar-refractivity contribution in [2.24, 2.45) is 0 Å². The van der Waals surface area contributed by atoms with Crippen molar-refractivity contribution in [3.05, 3.63) is 35.0 Å². The summed E-state index contributed by atoms with van der Waals surface area (Å²) in [4.78, 5) is 24.9. The van der Waals surface area contributed by atoms with Gasteiger partial charge in [-0.05, 0) is 44.9 Å². The number of carbonyl (C=O) groups is 1. The molecule has 126 valence electrons. The molecule has 0 spiro atoms. The topological polar surface area (TPSA) is 58.1 Å². The minimum Gasteiger partial charge on any atom is -0.347 e. The van der Waals surface area contributed by atoms with Crippen molar-refractivity contribution in [1.82, 2.24) is 20.2 Å². The lowest BCUT2D eigenvalue weighted by Gasteiger charge is -2.32. The molecule has 24 heavy (non-hydrogen) atoms. The van der Waals surface area contributed by atoms with E-state index in [2.05, 4.69) is 20.2 Å². The van der Waals surface area contributed by atoms with Gasteiger partial charge in [-0.2, -0.15) is 0 Å². The molecule has 1 N–H and O–H groups in total. The lowest BCUT2D eigenvalue weighted by molar-refractivity contribution is 0.0918. The third kappa shape index (κ3) is 2.96. The molecule has 5 nitrogen and oxygen atoms in total. The van der Waals surface area contributed by atoms with Gasteiger partial charge in [-0.15, -0.1) is 11.3 Å². The van der Waals surface area contributed by atoms with E-state index < -0.39 is 0 Å². The fourth-order valence-corrected chi connectivity index (χ4v) is 4.80. The van der Waals surface area contributed by atoms with E-state index in [1.165, 1.54) is 37.1 Å². The Morgan fingerprint density at radius 2 is 2.21 bits per heavy atom. The van der Waals surface area contributed by atoms with Crippen LogP contribution in [0.4, 0.5) is 0 Å². The minimum atomic E-state index is 0.0182. The molecule has 4 rings (SSSR count). The van der Waals surface area contributed by atoms with Gasteiger partial charge >= 0.3 is 0 Å². The highest BCUT2D eigenvalue weighted by Gasteiger charge is 2.36. The van der Waals surface area contributed by atoms with E-state index in [1.807, 2.05) is 25.1 Å². The lowest BCUT2D eigenvalue weighted by Crippen LogP contribution is -2.46. The number of aromatic nitrogens is 2. The van der Waals surface area contributed by atoms with E-state index in [1.54, 1.807) is 6.20 Å². The van der Waals surface area contributed by atoms with Crippen LogP contribution in [0.1, 0.15) is 41.0 Å². The average Bonchev–Trinajstić information content (AvgIpc) is 3.20. The number of piperidine rings is 1. The van der Waals surface area contributed by atoms with Crippen LogP contribution in [0.2, 0.25) is 0 Å². The normalized spacial score (nSPS) is 23.9. The second-order valence-electron chi connectivity index (χ2n) is 6.62.